The standard InChI is InChI=1S/C10H12Cl2N2O6/c11-1-7(15)19-3-5-9(17)14-6(10(18)13-5)4-20-8(16)2-12/h5-6H,1-4H2,(H,13,18)(H,14,17)/t5-,6+. The molecule has 112 valence electrons. The van der Waals surface area contributed by atoms with Crippen molar-refractivity contribution in [2.24, 2.45) is 0 Å². The molecule has 0 unspecified atom stereocenters. The Kier molecular flexibility index (Phi) is 6.53. The third-order valence-electron chi connectivity index (χ3n) is 2.31. The van der Waals surface area contributed by atoms with Crippen molar-refractivity contribution in [3.63, 3.8) is 0 Å². The number of alkyl halides is 2. The van der Waals surface area contributed by atoms with E-state index in [1.165, 1.54) is 0 Å². The van der Waals surface area contributed by atoms with Crippen molar-refractivity contribution in [1.29, 1.82) is 0 Å². The van der Waals surface area contributed by atoms with Crippen LogP contribution in [-0.4, -0.2) is 60.8 Å². The lowest BCUT2D eigenvalue weighted by molar-refractivity contribution is -0.149. The minimum absolute atomic E-state index is 0.322. The van der Waals surface area contributed by atoms with Gasteiger partial charge in [-0.1, -0.05) is 0 Å². The van der Waals surface area contributed by atoms with Gasteiger partial charge in [-0.2, -0.15) is 0 Å². The van der Waals surface area contributed by atoms with Gasteiger partial charge in [0, 0.05) is 0 Å². The van der Waals surface area contributed by atoms with Crippen molar-refractivity contribution in [3.05, 3.63) is 0 Å². The van der Waals surface area contributed by atoms with Crippen LogP contribution >= 0.6 is 23.2 Å². The highest BCUT2D eigenvalue weighted by Crippen LogP contribution is 2.00. The molecule has 8 nitrogen and oxygen atoms in total. The second kappa shape index (κ2) is 7.91. The Bertz CT molecular complexity index is 379. The van der Waals surface area contributed by atoms with Gasteiger partial charge in [0.1, 0.15) is 37.1 Å². The average Bonchev–Trinajstić information content (AvgIpc) is 2.45. The molecular formula is C10H12Cl2N2O6. The first-order valence-corrected chi connectivity index (χ1v) is 6.58. The Hall–Kier alpha value is -1.54. The second-order valence-corrected chi connectivity index (χ2v) is 4.29. The second-order valence-electron chi connectivity index (χ2n) is 3.76. The number of esters is 2. The molecule has 0 radical (unpaired) electrons. The summed E-state index contributed by atoms with van der Waals surface area (Å²) >= 11 is 10.4. The maximum atomic E-state index is 11.6. The van der Waals surface area contributed by atoms with Crippen molar-refractivity contribution in [1.82, 2.24) is 10.6 Å². The van der Waals surface area contributed by atoms with Gasteiger partial charge in [0.15, 0.2) is 0 Å². The van der Waals surface area contributed by atoms with Crippen LogP contribution in [0.2, 0.25) is 0 Å². The normalized spacial score (nSPS) is 21.7. The lowest BCUT2D eigenvalue weighted by Gasteiger charge is -2.28. The van der Waals surface area contributed by atoms with E-state index in [4.69, 9.17) is 23.2 Å². The number of hydrogen-bond acceptors (Lipinski definition) is 6. The molecular weight excluding hydrogens is 315 g/mol. The third-order valence-corrected chi connectivity index (χ3v) is 2.74. The van der Waals surface area contributed by atoms with Crippen LogP contribution in [0.5, 0.6) is 0 Å². The van der Waals surface area contributed by atoms with Crippen molar-refractivity contribution in [2.45, 2.75) is 12.1 Å². The molecule has 2 N–H and O–H groups in total. The van der Waals surface area contributed by atoms with Crippen molar-refractivity contribution in [3.8, 4) is 0 Å². The van der Waals surface area contributed by atoms with Gasteiger partial charge in [0.2, 0.25) is 11.8 Å². The fourth-order valence-corrected chi connectivity index (χ4v) is 1.49. The van der Waals surface area contributed by atoms with Gasteiger partial charge in [-0.05, 0) is 0 Å². The number of halogens is 2. The van der Waals surface area contributed by atoms with Crippen molar-refractivity contribution < 1.29 is 28.7 Å². The summed E-state index contributed by atoms with van der Waals surface area (Å²) in [5, 5.41) is 4.68. The van der Waals surface area contributed by atoms with Crippen molar-refractivity contribution >= 4 is 47.0 Å². The molecule has 1 rings (SSSR count). The fraction of sp³-hybridized carbons (Fsp3) is 0.600. The SMILES string of the molecule is O=C(CCl)OC[C@@H]1NC(=O)[C@@H](COC(=O)CCl)NC1=O. The number of carbonyl (C=O) groups excluding carboxylic acids is 4. The molecule has 10 heteroatoms. The van der Waals surface area contributed by atoms with E-state index in [2.05, 4.69) is 20.1 Å². The van der Waals surface area contributed by atoms with E-state index in [0.717, 1.165) is 0 Å². The van der Waals surface area contributed by atoms with E-state index >= 15 is 0 Å². The van der Waals surface area contributed by atoms with Crippen LogP contribution in [0, 0.1) is 0 Å². The summed E-state index contributed by atoms with van der Waals surface area (Å²) in [5.41, 5.74) is 0. The quantitative estimate of drug-likeness (QED) is 0.455. The first kappa shape index (κ1) is 16.5. The van der Waals surface area contributed by atoms with Crippen LogP contribution in [0.1, 0.15) is 0 Å². The lowest BCUT2D eigenvalue weighted by atomic mass is 10.1. The minimum atomic E-state index is -1.00. The summed E-state index contributed by atoms with van der Waals surface area (Å²) in [7, 11) is 0. The number of carbonyl (C=O) groups is 4. The van der Waals surface area contributed by atoms with Crippen molar-refractivity contribution in [2.75, 3.05) is 25.0 Å². The van der Waals surface area contributed by atoms with Crippen LogP contribution in [0.4, 0.5) is 0 Å². The molecule has 2 amide bonds. The molecule has 1 aliphatic heterocycles. The summed E-state index contributed by atoms with van der Waals surface area (Å²) in [6.45, 7) is -0.644. The van der Waals surface area contributed by atoms with Gasteiger partial charge < -0.3 is 20.1 Å². The third kappa shape index (κ3) is 4.86. The van der Waals surface area contributed by atoms with Crippen LogP contribution in [0.15, 0.2) is 0 Å². The summed E-state index contributed by atoms with van der Waals surface area (Å²) in [4.78, 5) is 45.0. The van der Waals surface area contributed by atoms with Crippen LogP contribution in [0.25, 0.3) is 0 Å². The average molecular weight is 327 g/mol. The van der Waals surface area contributed by atoms with E-state index in [0.29, 0.717) is 0 Å². The largest absolute Gasteiger partial charge is 0.462 e. The maximum Gasteiger partial charge on any atom is 0.320 e. The van der Waals surface area contributed by atoms with Gasteiger partial charge in [0.25, 0.3) is 0 Å². The molecule has 2 atom stereocenters. The summed E-state index contributed by atoms with van der Waals surface area (Å²) in [5.74, 6) is -3.21. The number of piperazine rings is 1. The topological polar surface area (TPSA) is 111 Å². The van der Waals surface area contributed by atoms with E-state index in [-0.39, 0.29) is 25.0 Å². The molecule has 0 saturated carbocycles. The molecule has 0 aromatic rings. The molecule has 0 aliphatic carbocycles. The van der Waals surface area contributed by atoms with E-state index in [9.17, 15) is 19.2 Å². The Morgan fingerprint density at radius 1 is 0.900 bits per heavy atom. The molecule has 1 saturated heterocycles. The molecule has 0 aromatic heterocycles. The van der Waals surface area contributed by atoms with Gasteiger partial charge in [0.05, 0.1) is 0 Å². The van der Waals surface area contributed by atoms with E-state index in [1.54, 1.807) is 0 Å². The fourth-order valence-electron chi connectivity index (χ4n) is 1.34. The Labute approximate surface area is 124 Å². The highest BCUT2D eigenvalue weighted by Gasteiger charge is 2.35. The number of nitrogens with one attached hydrogen (secondary N) is 2. The Balaban J connectivity index is 2.45. The van der Waals surface area contributed by atoms with Gasteiger partial charge in [-0.25, -0.2) is 0 Å². The van der Waals surface area contributed by atoms with Crippen LogP contribution in [0.3, 0.4) is 0 Å². The monoisotopic (exact) mass is 326 g/mol. The first-order valence-electron chi connectivity index (χ1n) is 5.51. The smallest absolute Gasteiger partial charge is 0.320 e. The number of hydrogen-bond donors (Lipinski definition) is 2. The highest BCUT2D eigenvalue weighted by atomic mass is 35.5. The molecule has 0 aromatic carbocycles. The molecule has 1 fully saturated rings. The zero-order valence-corrected chi connectivity index (χ0v) is 11.7. The van der Waals surface area contributed by atoms with Gasteiger partial charge >= 0.3 is 11.9 Å². The highest BCUT2D eigenvalue weighted by molar-refractivity contribution is 6.26. The van der Waals surface area contributed by atoms with Crippen LogP contribution < -0.4 is 10.6 Å². The summed E-state index contributed by atoms with van der Waals surface area (Å²) < 4.78 is 9.30. The molecule has 1 aliphatic rings. The first-order chi connectivity index (χ1) is 9.47. The summed E-state index contributed by atoms with van der Waals surface area (Å²) in [6.07, 6.45) is 0. The predicted octanol–water partition coefficient (Wildman–Crippen LogP) is -1.47. The molecule has 20 heavy (non-hydrogen) atoms. The zero-order valence-electron chi connectivity index (χ0n) is 10.2. The Morgan fingerprint density at radius 2 is 1.25 bits per heavy atom. The zero-order chi connectivity index (χ0) is 15.1. The molecule has 0 spiro atoms. The number of amides is 2. The minimum Gasteiger partial charge on any atom is -0.462 e. The number of rotatable bonds is 6. The maximum absolute atomic E-state index is 11.6. The molecule has 1 heterocycles. The van der Waals surface area contributed by atoms with Gasteiger partial charge in [-0.15, -0.1) is 23.2 Å². The molecule has 0 bridgehead atoms. The van der Waals surface area contributed by atoms with Crippen LogP contribution in [-0.2, 0) is 28.7 Å². The number of ether oxygens (including phenoxy) is 2. The Morgan fingerprint density at radius 3 is 1.55 bits per heavy atom. The van der Waals surface area contributed by atoms with Gasteiger partial charge in [-0.3, -0.25) is 19.2 Å². The predicted molar refractivity (Wildman–Crippen MR) is 67.2 cm³/mol. The van der Waals surface area contributed by atoms with E-state index in [1.807, 2.05) is 0 Å². The lowest BCUT2D eigenvalue weighted by Crippen LogP contribution is -2.64. The summed E-state index contributed by atoms with van der Waals surface area (Å²) in [6, 6.07) is -2.01. The van der Waals surface area contributed by atoms with E-state index < -0.39 is 35.8 Å².